The lowest BCUT2D eigenvalue weighted by Crippen LogP contribution is -2.42. The van der Waals surface area contributed by atoms with Gasteiger partial charge in [-0.05, 0) is 19.8 Å². The van der Waals surface area contributed by atoms with E-state index < -0.39 is 17.9 Å². The molecule has 1 aromatic heterocycles. The van der Waals surface area contributed by atoms with E-state index in [2.05, 4.69) is 4.98 Å². The van der Waals surface area contributed by atoms with Gasteiger partial charge in [0.15, 0.2) is 5.43 Å². The third kappa shape index (κ3) is 2.67. The van der Waals surface area contributed by atoms with Crippen LogP contribution in [0.4, 0.5) is 0 Å². The Labute approximate surface area is 110 Å². The van der Waals surface area contributed by atoms with Crippen LogP contribution in [0.2, 0.25) is 0 Å². The van der Waals surface area contributed by atoms with E-state index >= 15 is 0 Å². The minimum atomic E-state index is -0.577. The van der Waals surface area contributed by atoms with E-state index in [1.807, 2.05) is 0 Å². The number of nitrogens with one attached hydrogen (secondary N) is 1. The van der Waals surface area contributed by atoms with Gasteiger partial charge >= 0.3 is 5.97 Å². The summed E-state index contributed by atoms with van der Waals surface area (Å²) in [4.78, 5) is 39.8. The Kier molecular flexibility index (Phi) is 3.99. The Bertz CT molecular complexity index is 537. The van der Waals surface area contributed by atoms with Gasteiger partial charge in [0.2, 0.25) is 0 Å². The fourth-order valence-corrected chi connectivity index (χ4v) is 2.23. The number of amides is 1. The third-order valence-electron chi connectivity index (χ3n) is 3.13. The topological polar surface area (TPSA) is 79.5 Å². The highest BCUT2D eigenvalue weighted by Gasteiger charge is 2.36. The number of rotatable bonds is 3. The number of carbonyl (C=O) groups is 2. The number of esters is 1. The number of ether oxygens (including phenoxy) is 1. The largest absolute Gasteiger partial charge is 0.464 e. The number of likely N-dealkylation sites (tertiary alicyclic amines) is 1. The van der Waals surface area contributed by atoms with Crippen molar-refractivity contribution in [1.29, 1.82) is 0 Å². The predicted molar refractivity (Wildman–Crippen MR) is 67.8 cm³/mol. The maximum atomic E-state index is 12.3. The summed E-state index contributed by atoms with van der Waals surface area (Å²) < 4.78 is 4.95. The average molecular weight is 264 g/mol. The molecular formula is C13H16N2O4. The molecule has 19 heavy (non-hydrogen) atoms. The van der Waals surface area contributed by atoms with Crippen LogP contribution in [0.3, 0.4) is 0 Å². The quantitative estimate of drug-likeness (QED) is 0.808. The molecule has 1 aromatic rings. The second-order valence-electron chi connectivity index (χ2n) is 4.33. The second kappa shape index (κ2) is 5.69. The molecule has 1 fully saturated rings. The molecule has 1 atom stereocenters. The van der Waals surface area contributed by atoms with Crippen molar-refractivity contribution >= 4 is 11.9 Å². The van der Waals surface area contributed by atoms with Crippen LogP contribution in [0, 0.1) is 0 Å². The molecule has 102 valence electrons. The summed E-state index contributed by atoms with van der Waals surface area (Å²) in [6, 6.07) is 0.718. The zero-order valence-electron chi connectivity index (χ0n) is 10.7. The number of hydrogen-bond acceptors (Lipinski definition) is 4. The highest BCUT2D eigenvalue weighted by Crippen LogP contribution is 2.20. The van der Waals surface area contributed by atoms with Crippen LogP contribution in [0.1, 0.15) is 30.1 Å². The van der Waals surface area contributed by atoms with E-state index in [0.717, 1.165) is 6.42 Å². The summed E-state index contributed by atoms with van der Waals surface area (Å²) in [6.07, 6.45) is 4.15. The van der Waals surface area contributed by atoms with E-state index in [9.17, 15) is 14.4 Å². The van der Waals surface area contributed by atoms with Gasteiger partial charge in [-0.1, -0.05) is 0 Å². The van der Waals surface area contributed by atoms with Gasteiger partial charge < -0.3 is 14.6 Å². The number of carbonyl (C=O) groups excluding carboxylic acids is 2. The van der Waals surface area contributed by atoms with Crippen LogP contribution in [0.5, 0.6) is 0 Å². The molecule has 1 aliphatic heterocycles. The normalized spacial score (nSPS) is 18.4. The molecule has 0 aliphatic carbocycles. The van der Waals surface area contributed by atoms with Crippen molar-refractivity contribution in [2.24, 2.45) is 0 Å². The first-order valence-electron chi connectivity index (χ1n) is 6.30. The number of aromatic amines is 1. The first-order chi connectivity index (χ1) is 9.15. The Morgan fingerprint density at radius 2 is 2.32 bits per heavy atom. The molecule has 6 nitrogen and oxygen atoms in total. The molecule has 0 spiro atoms. The summed E-state index contributed by atoms with van der Waals surface area (Å²) in [5, 5.41) is 0. The molecule has 1 aliphatic rings. The van der Waals surface area contributed by atoms with Crippen molar-refractivity contribution < 1.29 is 14.3 Å². The first-order valence-corrected chi connectivity index (χ1v) is 6.30. The highest BCUT2D eigenvalue weighted by molar-refractivity contribution is 5.96. The van der Waals surface area contributed by atoms with Gasteiger partial charge in [-0.25, -0.2) is 4.79 Å². The summed E-state index contributed by atoms with van der Waals surface area (Å²) in [5.74, 6) is -0.821. The van der Waals surface area contributed by atoms with Crippen LogP contribution in [-0.4, -0.2) is 41.0 Å². The van der Waals surface area contributed by atoms with Gasteiger partial charge in [0.25, 0.3) is 5.91 Å². The lowest BCUT2D eigenvalue weighted by Gasteiger charge is -2.22. The number of H-pyrrole nitrogens is 1. The summed E-state index contributed by atoms with van der Waals surface area (Å²) in [7, 11) is 0. The van der Waals surface area contributed by atoms with Crippen molar-refractivity contribution in [2.75, 3.05) is 13.2 Å². The molecular weight excluding hydrogens is 248 g/mol. The summed E-state index contributed by atoms with van der Waals surface area (Å²) >= 11 is 0. The zero-order valence-corrected chi connectivity index (χ0v) is 10.7. The van der Waals surface area contributed by atoms with Crippen molar-refractivity contribution in [3.63, 3.8) is 0 Å². The smallest absolute Gasteiger partial charge is 0.328 e. The Morgan fingerprint density at radius 3 is 3.00 bits per heavy atom. The van der Waals surface area contributed by atoms with Gasteiger partial charge in [-0.15, -0.1) is 0 Å². The van der Waals surface area contributed by atoms with Crippen LogP contribution in [0.15, 0.2) is 23.3 Å². The highest BCUT2D eigenvalue weighted by atomic mass is 16.5. The SMILES string of the molecule is CCOC(=O)C1CCCN1C(=O)c1c[nH]ccc1=O. The standard InChI is InChI=1S/C13H16N2O4/c1-2-19-13(18)10-4-3-7-15(10)12(17)9-8-14-6-5-11(9)16/h5-6,8,10H,2-4,7H2,1H3,(H,14,16). The zero-order chi connectivity index (χ0) is 13.8. The average Bonchev–Trinajstić information content (AvgIpc) is 2.88. The van der Waals surface area contributed by atoms with E-state index in [1.54, 1.807) is 6.92 Å². The first kappa shape index (κ1) is 13.3. The fraction of sp³-hybridized carbons (Fsp3) is 0.462. The van der Waals surface area contributed by atoms with E-state index in [0.29, 0.717) is 13.0 Å². The molecule has 1 amide bonds. The maximum absolute atomic E-state index is 12.3. The van der Waals surface area contributed by atoms with Crippen molar-refractivity contribution in [1.82, 2.24) is 9.88 Å². The minimum Gasteiger partial charge on any atom is -0.464 e. The summed E-state index contributed by atoms with van der Waals surface area (Å²) in [5.41, 5.74) is -0.294. The Balaban J connectivity index is 2.21. The maximum Gasteiger partial charge on any atom is 0.328 e. The van der Waals surface area contributed by atoms with Crippen molar-refractivity contribution in [3.05, 3.63) is 34.2 Å². The molecule has 0 radical (unpaired) electrons. The molecule has 0 saturated carbocycles. The Hall–Kier alpha value is -2.11. The second-order valence-corrected chi connectivity index (χ2v) is 4.33. The molecule has 2 heterocycles. The van der Waals surface area contributed by atoms with Gasteiger partial charge in [0.05, 0.1) is 6.61 Å². The van der Waals surface area contributed by atoms with E-state index in [-0.39, 0.29) is 17.6 Å². The molecule has 2 rings (SSSR count). The predicted octanol–water partition coefficient (Wildman–Crippen LogP) is 0.543. The van der Waals surface area contributed by atoms with Gasteiger partial charge in [0, 0.05) is 25.0 Å². The van der Waals surface area contributed by atoms with Crippen LogP contribution >= 0.6 is 0 Å². The van der Waals surface area contributed by atoms with Gasteiger partial charge in [-0.3, -0.25) is 9.59 Å². The molecule has 1 unspecified atom stereocenters. The monoisotopic (exact) mass is 264 g/mol. The van der Waals surface area contributed by atoms with Gasteiger partial charge in [-0.2, -0.15) is 0 Å². The third-order valence-corrected chi connectivity index (χ3v) is 3.13. The molecule has 6 heteroatoms. The van der Waals surface area contributed by atoms with Gasteiger partial charge in [0.1, 0.15) is 11.6 Å². The van der Waals surface area contributed by atoms with Crippen LogP contribution < -0.4 is 5.43 Å². The number of aromatic nitrogens is 1. The van der Waals surface area contributed by atoms with E-state index in [4.69, 9.17) is 4.74 Å². The lowest BCUT2D eigenvalue weighted by molar-refractivity contribution is -0.147. The molecule has 0 bridgehead atoms. The molecule has 1 N–H and O–H groups in total. The minimum absolute atomic E-state index is 0.0544. The van der Waals surface area contributed by atoms with Crippen LogP contribution in [-0.2, 0) is 9.53 Å². The number of pyridine rings is 1. The van der Waals surface area contributed by atoms with Crippen molar-refractivity contribution in [2.45, 2.75) is 25.8 Å². The number of nitrogens with zero attached hydrogens (tertiary/aromatic N) is 1. The summed E-state index contributed by atoms with van der Waals surface area (Å²) in [6.45, 7) is 2.47. The van der Waals surface area contributed by atoms with E-state index in [1.165, 1.54) is 23.4 Å². The fourth-order valence-electron chi connectivity index (χ4n) is 2.23. The Morgan fingerprint density at radius 1 is 1.53 bits per heavy atom. The van der Waals surface area contributed by atoms with Crippen LogP contribution in [0.25, 0.3) is 0 Å². The number of hydrogen-bond donors (Lipinski definition) is 1. The lowest BCUT2D eigenvalue weighted by atomic mass is 10.2. The molecule has 1 saturated heterocycles. The van der Waals surface area contributed by atoms with Crippen molar-refractivity contribution in [3.8, 4) is 0 Å². The molecule has 0 aromatic carbocycles.